The van der Waals surface area contributed by atoms with Crippen LogP contribution in [0.2, 0.25) is 0 Å². The number of hydrogen-bond donors (Lipinski definition) is 3. The van der Waals surface area contributed by atoms with Crippen molar-refractivity contribution in [3.63, 3.8) is 0 Å². The Morgan fingerprint density at radius 1 is 1.09 bits per heavy atom. The van der Waals surface area contributed by atoms with Crippen LogP contribution >= 0.6 is 0 Å². The molecule has 0 aromatic rings. The molecular weight excluding hydrogens is 278 g/mol. The largest absolute Gasteiger partial charge is 0.395 e. The van der Waals surface area contributed by atoms with Crippen molar-refractivity contribution in [2.45, 2.75) is 108 Å². The highest BCUT2D eigenvalue weighted by Gasteiger charge is 2.38. The monoisotopic (exact) mass is 315 g/mol. The molecule has 1 rings (SSSR count). The van der Waals surface area contributed by atoms with Crippen LogP contribution in [0.4, 0.5) is 0 Å². The fourth-order valence-electron chi connectivity index (χ4n) is 3.28. The molecule has 4 N–H and O–H groups in total. The van der Waals surface area contributed by atoms with Crippen LogP contribution in [0.5, 0.6) is 0 Å². The molecule has 1 saturated heterocycles. The van der Waals surface area contributed by atoms with E-state index in [9.17, 15) is 10.2 Å². The van der Waals surface area contributed by atoms with Gasteiger partial charge in [-0.05, 0) is 19.3 Å². The van der Waals surface area contributed by atoms with Crippen LogP contribution < -0.4 is 5.73 Å². The second kappa shape index (κ2) is 11.4. The summed E-state index contributed by atoms with van der Waals surface area (Å²) >= 11 is 0. The highest BCUT2D eigenvalue weighted by atomic mass is 16.6. The van der Waals surface area contributed by atoms with Gasteiger partial charge in [-0.3, -0.25) is 0 Å². The topological polar surface area (TPSA) is 75.7 Å². The summed E-state index contributed by atoms with van der Waals surface area (Å²) in [5.41, 5.74) is 5.82. The maximum absolute atomic E-state index is 10.5. The van der Waals surface area contributed by atoms with E-state index < -0.39 is 11.8 Å². The number of ether oxygens (including phenoxy) is 1. The first-order valence-corrected chi connectivity index (χ1v) is 9.39. The van der Waals surface area contributed by atoms with Crippen LogP contribution in [0.1, 0.15) is 90.4 Å². The van der Waals surface area contributed by atoms with Gasteiger partial charge in [-0.15, -0.1) is 0 Å². The average Bonchev–Trinajstić information content (AvgIpc) is 2.71. The summed E-state index contributed by atoms with van der Waals surface area (Å²) in [6.07, 6.45) is 15.0. The van der Waals surface area contributed by atoms with Crippen LogP contribution in [0.3, 0.4) is 0 Å². The molecule has 3 unspecified atom stereocenters. The fraction of sp³-hybridized carbons (Fsp3) is 1.00. The molecule has 4 heteroatoms. The Balaban J connectivity index is 2.18. The van der Waals surface area contributed by atoms with Gasteiger partial charge in [0.2, 0.25) is 0 Å². The molecule has 0 aliphatic carbocycles. The minimum Gasteiger partial charge on any atom is -0.395 e. The number of unbranched alkanes of at least 4 members (excludes halogenated alkanes) is 7. The van der Waals surface area contributed by atoms with E-state index in [2.05, 4.69) is 6.92 Å². The third kappa shape index (κ3) is 7.40. The van der Waals surface area contributed by atoms with Crippen molar-refractivity contribution < 1.29 is 14.9 Å². The molecule has 0 bridgehead atoms. The van der Waals surface area contributed by atoms with E-state index in [-0.39, 0.29) is 12.7 Å². The summed E-state index contributed by atoms with van der Waals surface area (Å²) in [5.74, 6) is -1.34. The molecule has 1 aliphatic heterocycles. The molecule has 0 spiro atoms. The predicted octanol–water partition coefficient (Wildman–Crippen LogP) is 3.48. The molecule has 0 aromatic heterocycles. The van der Waals surface area contributed by atoms with Gasteiger partial charge in [-0.25, -0.2) is 0 Å². The first-order valence-electron chi connectivity index (χ1n) is 9.39. The van der Waals surface area contributed by atoms with E-state index in [1.54, 1.807) is 0 Å². The van der Waals surface area contributed by atoms with Gasteiger partial charge in [0.15, 0.2) is 5.79 Å². The van der Waals surface area contributed by atoms with E-state index in [0.717, 1.165) is 32.1 Å². The summed E-state index contributed by atoms with van der Waals surface area (Å²) in [7, 11) is 0. The van der Waals surface area contributed by atoms with E-state index >= 15 is 0 Å². The van der Waals surface area contributed by atoms with Gasteiger partial charge < -0.3 is 20.7 Å². The van der Waals surface area contributed by atoms with Crippen molar-refractivity contribution in [3.8, 4) is 0 Å². The summed E-state index contributed by atoms with van der Waals surface area (Å²) < 4.78 is 5.88. The Morgan fingerprint density at radius 2 is 1.73 bits per heavy atom. The number of nitrogens with two attached hydrogens (primary N) is 1. The lowest BCUT2D eigenvalue weighted by atomic mass is 10.0. The summed E-state index contributed by atoms with van der Waals surface area (Å²) in [5, 5.41) is 19.7. The van der Waals surface area contributed by atoms with E-state index in [1.165, 1.54) is 44.9 Å². The zero-order valence-electron chi connectivity index (χ0n) is 14.4. The Hall–Kier alpha value is -0.160. The normalized spacial score (nSPS) is 27.5. The van der Waals surface area contributed by atoms with Gasteiger partial charge in [0.25, 0.3) is 0 Å². The third-order valence-electron chi connectivity index (χ3n) is 4.84. The molecule has 0 radical (unpaired) electrons. The minimum atomic E-state index is -1.34. The van der Waals surface area contributed by atoms with E-state index in [0.29, 0.717) is 6.42 Å². The zero-order valence-corrected chi connectivity index (χ0v) is 14.4. The van der Waals surface area contributed by atoms with Gasteiger partial charge in [-0.1, -0.05) is 64.7 Å². The van der Waals surface area contributed by atoms with Crippen LogP contribution in [0.15, 0.2) is 0 Å². The first-order chi connectivity index (χ1) is 10.6. The lowest BCUT2D eigenvalue weighted by Crippen LogP contribution is -2.53. The van der Waals surface area contributed by atoms with Gasteiger partial charge in [0, 0.05) is 6.42 Å². The van der Waals surface area contributed by atoms with Crippen molar-refractivity contribution in [2.24, 2.45) is 5.73 Å². The zero-order chi connectivity index (χ0) is 16.3. The highest BCUT2D eigenvalue weighted by molar-refractivity contribution is 4.84. The molecule has 0 aromatic carbocycles. The number of aliphatic hydroxyl groups excluding tert-OH is 1. The molecule has 0 amide bonds. The molecule has 1 heterocycles. The predicted molar refractivity (Wildman–Crippen MR) is 90.6 cm³/mol. The van der Waals surface area contributed by atoms with Crippen LogP contribution in [-0.4, -0.2) is 34.8 Å². The number of hydrogen-bond acceptors (Lipinski definition) is 4. The van der Waals surface area contributed by atoms with Crippen LogP contribution in [0, 0.1) is 0 Å². The molecule has 0 saturated carbocycles. The summed E-state index contributed by atoms with van der Waals surface area (Å²) in [6.45, 7) is 2.01. The van der Waals surface area contributed by atoms with Gasteiger partial charge in [0.05, 0.1) is 18.8 Å². The molecule has 3 atom stereocenters. The lowest BCUT2D eigenvalue weighted by Gasteiger charge is -2.34. The molecular formula is C18H37NO3. The molecule has 1 fully saturated rings. The van der Waals surface area contributed by atoms with E-state index in [1.807, 2.05) is 0 Å². The maximum atomic E-state index is 10.5. The van der Waals surface area contributed by atoms with Crippen molar-refractivity contribution >= 4 is 0 Å². The maximum Gasteiger partial charge on any atom is 0.183 e. The van der Waals surface area contributed by atoms with Crippen LogP contribution in [0.25, 0.3) is 0 Å². The molecule has 4 nitrogen and oxygen atoms in total. The third-order valence-corrected chi connectivity index (χ3v) is 4.84. The standard InChI is InChI=1S/C18H37NO3/c1-2-3-4-5-6-7-8-9-12-16-13-10-11-14-18(21,22-16)17(19)15-20/h16-17,20-21H,2-15,19H2,1H3. The van der Waals surface area contributed by atoms with E-state index in [4.69, 9.17) is 10.5 Å². The Labute approximate surface area is 136 Å². The molecule has 1 aliphatic rings. The average molecular weight is 315 g/mol. The molecule has 22 heavy (non-hydrogen) atoms. The second-order valence-corrected chi connectivity index (χ2v) is 6.88. The Bertz CT molecular complexity index is 275. The lowest BCUT2D eigenvalue weighted by molar-refractivity contribution is -0.245. The number of rotatable bonds is 11. The molecule has 132 valence electrons. The fourth-order valence-corrected chi connectivity index (χ4v) is 3.28. The first kappa shape index (κ1) is 19.9. The number of aliphatic hydroxyl groups is 2. The van der Waals surface area contributed by atoms with Gasteiger partial charge in [0.1, 0.15) is 0 Å². The van der Waals surface area contributed by atoms with Crippen molar-refractivity contribution in [3.05, 3.63) is 0 Å². The van der Waals surface area contributed by atoms with Crippen LogP contribution in [-0.2, 0) is 4.74 Å². The van der Waals surface area contributed by atoms with Crippen molar-refractivity contribution in [1.29, 1.82) is 0 Å². The highest BCUT2D eigenvalue weighted by Crippen LogP contribution is 2.30. The summed E-state index contributed by atoms with van der Waals surface area (Å²) in [4.78, 5) is 0. The Morgan fingerprint density at radius 3 is 2.36 bits per heavy atom. The minimum absolute atomic E-state index is 0.0881. The smallest absolute Gasteiger partial charge is 0.183 e. The SMILES string of the molecule is CCCCCCCCCCC1CCCCC(O)(C(N)CO)O1. The quantitative estimate of drug-likeness (QED) is 0.510. The summed E-state index contributed by atoms with van der Waals surface area (Å²) in [6, 6.07) is -0.702. The van der Waals surface area contributed by atoms with Crippen molar-refractivity contribution in [1.82, 2.24) is 0 Å². The Kier molecular flexibility index (Phi) is 10.3. The van der Waals surface area contributed by atoms with Gasteiger partial charge in [-0.2, -0.15) is 0 Å². The van der Waals surface area contributed by atoms with Crippen molar-refractivity contribution in [2.75, 3.05) is 6.61 Å². The van der Waals surface area contributed by atoms with Gasteiger partial charge >= 0.3 is 0 Å². The second-order valence-electron chi connectivity index (χ2n) is 6.88.